The lowest BCUT2D eigenvalue weighted by atomic mass is 9.98. The first kappa shape index (κ1) is 32.5. The molecule has 14 heteroatoms. The number of fused-ring (bicyclic) bond motifs is 2. The number of nitrogens with zero attached hydrogens (tertiary/aromatic N) is 6. The summed E-state index contributed by atoms with van der Waals surface area (Å²) < 4.78 is 30.6. The number of carbonyl (C=O) groups is 2. The van der Waals surface area contributed by atoms with Gasteiger partial charge in [-0.3, -0.25) is 24.0 Å². The van der Waals surface area contributed by atoms with Gasteiger partial charge in [-0.05, 0) is 56.5 Å². The van der Waals surface area contributed by atoms with Gasteiger partial charge in [0.1, 0.15) is 22.9 Å². The Morgan fingerprint density at radius 1 is 0.961 bits per heavy atom. The van der Waals surface area contributed by atoms with Crippen molar-refractivity contribution in [3.05, 3.63) is 100 Å². The van der Waals surface area contributed by atoms with Crippen LogP contribution in [0.1, 0.15) is 51.8 Å². The zero-order chi connectivity index (χ0) is 35.2. The molecular weight excluding hydrogens is 655 g/mol. The van der Waals surface area contributed by atoms with Gasteiger partial charge in [-0.15, -0.1) is 0 Å². The fourth-order valence-corrected chi connectivity index (χ4v) is 6.96. The SMILES string of the molecule is Cc1ccc(-c2c3n(cc(C(=O)Nc4ccc(-c5cc(-c6cnn(C7CCOCC7)c6)cnc5N)c(F)c4)c2=O)CC2OCCCN2C3=O)cn1. The van der Waals surface area contributed by atoms with E-state index in [9.17, 15) is 14.4 Å². The van der Waals surface area contributed by atoms with Crippen molar-refractivity contribution in [2.75, 3.05) is 37.4 Å². The van der Waals surface area contributed by atoms with Crippen molar-refractivity contribution in [3.8, 4) is 33.4 Å². The number of hydrogen-bond donors (Lipinski definition) is 2. The van der Waals surface area contributed by atoms with Crippen LogP contribution in [0.3, 0.4) is 0 Å². The quantitative estimate of drug-likeness (QED) is 0.258. The number of pyridine rings is 3. The van der Waals surface area contributed by atoms with Gasteiger partial charge in [0.2, 0.25) is 5.43 Å². The lowest BCUT2D eigenvalue weighted by Crippen LogP contribution is -2.53. The summed E-state index contributed by atoms with van der Waals surface area (Å²) in [6, 6.07) is 9.65. The fourth-order valence-electron chi connectivity index (χ4n) is 6.96. The molecule has 4 aromatic heterocycles. The Bertz CT molecular complexity index is 2230. The molecular formula is C37H35FN8O5. The number of nitrogens with two attached hydrogens (primary N) is 1. The van der Waals surface area contributed by atoms with Crippen LogP contribution in [-0.2, 0) is 16.0 Å². The molecule has 0 aliphatic carbocycles. The smallest absolute Gasteiger partial charge is 0.273 e. The fraction of sp³-hybridized carbons (Fsp3) is 0.297. The molecule has 51 heavy (non-hydrogen) atoms. The van der Waals surface area contributed by atoms with Gasteiger partial charge in [0.25, 0.3) is 11.8 Å². The van der Waals surface area contributed by atoms with E-state index in [0.717, 1.165) is 29.7 Å². The predicted molar refractivity (Wildman–Crippen MR) is 186 cm³/mol. The molecule has 1 aromatic carbocycles. The number of anilines is 2. The minimum atomic E-state index is -0.757. The number of aromatic nitrogens is 5. The number of aryl methyl sites for hydroxylation is 1. The number of benzene rings is 1. The molecule has 8 rings (SSSR count). The Morgan fingerprint density at radius 3 is 2.57 bits per heavy atom. The van der Waals surface area contributed by atoms with Gasteiger partial charge in [0, 0.05) is 83.7 Å². The number of halogens is 1. The molecule has 13 nitrogen and oxygen atoms in total. The number of hydrogen-bond acceptors (Lipinski definition) is 9. The van der Waals surface area contributed by atoms with Crippen molar-refractivity contribution < 1.29 is 23.5 Å². The summed E-state index contributed by atoms with van der Waals surface area (Å²) in [5, 5.41) is 7.20. The van der Waals surface area contributed by atoms with E-state index in [1.807, 2.05) is 17.8 Å². The summed E-state index contributed by atoms with van der Waals surface area (Å²) in [4.78, 5) is 51.7. The molecule has 3 N–H and O–H groups in total. The summed E-state index contributed by atoms with van der Waals surface area (Å²) in [6.07, 6.45) is 10.1. The molecule has 260 valence electrons. The van der Waals surface area contributed by atoms with Crippen LogP contribution in [0, 0.1) is 12.7 Å². The van der Waals surface area contributed by atoms with Gasteiger partial charge in [-0.1, -0.05) is 6.07 Å². The Kier molecular flexibility index (Phi) is 8.40. The van der Waals surface area contributed by atoms with Crippen LogP contribution in [-0.4, -0.2) is 73.6 Å². The van der Waals surface area contributed by atoms with Crippen molar-refractivity contribution in [2.24, 2.45) is 0 Å². The predicted octanol–water partition coefficient (Wildman–Crippen LogP) is 4.67. The van der Waals surface area contributed by atoms with E-state index >= 15 is 4.39 Å². The van der Waals surface area contributed by atoms with Crippen molar-refractivity contribution in [2.45, 2.75) is 45.0 Å². The molecule has 1 atom stereocenters. The van der Waals surface area contributed by atoms with E-state index in [1.165, 1.54) is 30.6 Å². The molecule has 2 amide bonds. The highest BCUT2D eigenvalue weighted by Crippen LogP contribution is 2.34. The van der Waals surface area contributed by atoms with Crippen molar-refractivity contribution >= 4 is 23.3 Å². The van der Waals surface area contributed by atoms with E-state index in [1.54, 1.807) is 40.1 Å². The summed E-state index contributed by atoms with van der Waals surface area (Å²) in [6.45, 7) is 4.43. The maximum Gasteiger partial charge on any atom is 0.273 e. The minimum absolute atomic E-state index is 0.0758. The molecule has 3 aliphatic heterocycles. The number of rotatable bonds is 6. The molecule has 0 saturated carbocycles. The first-order valence-electron chi connectivity index (χ1n) is 16.9. The van der Waals surface area contributed by atoms with Gasteiger partial charge in [0.05, 0.1) is 31.0 Å². The Morgan fingerprint density at radius 2 is 1.78 bits per heavy atom. The molecule has 0 spiro atoms. The first-order chi connectivity index (χ1) is 24.7. The van der Waals surface area contributed by atoms with E-state index in [-0.39, 0.29) is 52.4 Å². The van der Waals surface area contributed by atoms with Crippen molar-refractivity contribution in [3.63, 3.8) is 0 Å². The van der Waals surface area contributed by atoms with Gasteiger partial charge in [-0.2, -0.15) is 5.10 Å². The minimum Gasteiger partial charge on any atom is -0.383 e. The number of nitrogens with one attached hydrogen (secondary N) is 1. The highest BCUT2D eigenvalue weighted by Gasteiger charge is 2.38. The number of ether oxygens (including phenoxy) is 2. The molecule has 5 aromatic rings. The second-order valence-electron chi connectivity index (χ2n) is 13.0. The summed E-state index contributed by atoms with van der Waals surface area (Å²) in [7, 11) is 0. The number of nitrogen functional groups attached to an aromatic ring is 1. The zero-order valence-electron chi connectivity index (χ0n) is 27.8. The molecule has 3 aliphatic rings. The lowest BCUT2D eigenvalue weighted by molar-refractivity contribution is -0.0916. The Balaban J connectivity index is 1.09. The summed E-state index contributed by atoms with van der Waals surface area (Å²) in [5.74, 6) is -1.62. The average Bonchev–Trinajstić information content (AvgIpc) is 3.64. The van der Waals surface area contributed by atoms with Crippen LogP contribution in [0.5, 0.6) is 0 Å². The van der Waals surface area contributed by atoms with Gasteiger partial charge in [0.15, 0.2) is 6.23 Å². The Hall–Kier alpha value is -5.73. The van der Waals surface area contributed by atoms with E-state index in [4.69, 9.17) is 15.2 Å². The second kappa shape index (κ2) is 13.2. The third-order valence-corrected chi connectivity index (χ3v) is 9.68. The normalized spacial score (nSPS) is 17.6. The van der Waals surface area contributed by atoms with Gasteiger partial charge in [-0.25, -0.2) is 9.37 Å². The van der Waals surface area contributed by atoms with Crippen LogP contribution in [0.25, 0.3) is 33.4 Å². The molecule has 0 radical (unpaired) electrons. The Labute approximate surface area is 291 Å². The molecule has 2 saturated heterocycles. The van der Waals surface area contributed by atoms with E-state index < -0.39 is 23.4 Å². The van der Waals surface area contributed by atoms with Crippen molar-refractivity contribution in [1.29, 1.82) is 0 Å². The van der Waals surface area contributed by atoms with Crippen LogP contribution >= 0.6 is 0 Å². The summed E-state index contributed by atoms with van der Waals surface area (Å²) >= 11 is 0. The molecule has 2 fully saturated rings. The average molecular weight is 691 g/mol. The van der Waals surface area contributed by atoms with Crippen LogP contribution < -0.4 is 16.5 Å². The van der Waals surface area contributed by atoms with E-state index in [0.29, 0.717) is 43.9 Å². The maximum atomic E-state index is 15.8. The largest absolute Gasteiger partial charge is 0.383 e. The standard InChI is InChI=1S/C37H35FN8O5/c1-21-3-4-22(15-40-21)32-33-37(49)45-9-2-10-51-31(45)20-44(33)19-29(34(32)47)36(48)43-25-5-6-27(30(38)14-25)28-13-23(16-41-35(28)39)24-17-42-46(18-24)26-7-11-50-12-8-26/h3-6,13-19,26,31H,2,7-12,20H2,1H3,(H2,39,41)(H,43,48). The van der Waals surface area contributed by atoms with Crippen LogP contribution in [0.4, 0.5) is 15.9 Å². The van der Waals surface area contributed by atoms with Gasteiger partial charge < -0.3 is 30.0 Å². The zero-order valence-corrected chi connectivity index (χ0v) is 27.8. The van der Waals surface area contributed by atoms with Crippen LogP contribution in [0.2, 0.25) is 0 Å². The second-order valence-corrected chi connectivity index (χ2v) is 13.0. The molecule has 7 heterocycles. The van der Waals surface area contributed by atoms with Crippen LogP contribution in [0.15, 0.2) is 72.2 Å². The van der Waals surface area contributed by atoms with Gasteiger partial charge >= 0.3 is 0 Å². The van der Waals surface area contributed by atoms with Crippen molar-refractivity contribution in [1.82, 2.24) is 29.2 Å². The number of carbonyl (C=O) groups excluding carboxylic acids is 2. The third kappa shape index (κ3) is 6.06. The topological polar surface area (TPSA) is 159 Å². The monoisotopic (exact) mass is 690 g/mol. The highest BCUT2D eigenvalue weighted by molar-refractivity contribution is 6.07. The van der Waals surface area contributed by atoms with E-state index in [2.05, 4.69) is 20.4 Å². The molecule has 1 unspecified atom stereocenters. The highest BCUT2D eigenvalue weighted by atomic mass is 19.1. The maximum absolute atomic E-state index is 15.8. The first-order valence-corrected chi connectivity index (χ1v) is 16.9. The third-order valence-electron chi connectivity index (χ3n) is 9.68. The summed E-state index contributed by atoms with van der Waals surface area (Å²) in [5.41, 5.74) is 9.00. The lowest BCUT2D eigenvalue weighted by Gasteiger charge is -2.41. The number of amides is 2. The molecule has 0 bridgehead atoms.